The summed E-state index contributed by atoms with van der Waals surface area (Å²) in [6, 6.07) is 6.07. The maximum atomic E-state index is 14.9. The molecule has 0 saturated carbocycles. The van der Waals surface area contributed by atoms with Crippen LogP contribution in [0.1, 0.15) is 20.8 Å². The minimum absolute atomic E-state index is 0.0182. The highest BCUT2D eigenvalue weighted by Crippen LogP contribution is 2.30. The van der Waals surface area contributed by atoms with Crippen molar-refractivity contribution >= 4 is 39.9 Å². The number of carbonyl (C=O) groups excluding carboxylic acids is 1. The minimum atomic E-state index is -1.43. The largest absolute Gasteiger partial charge is 0.477 e. The Kier molecular flexibility index (Phi) is 4.74. The molecular weight excluding hydrogens is 437 g/mol. The molecule has 1 aliphatic rings. The minimum Gasteiger partial charge on any atom is -0.477 e. The van der Waals surface area contributed by atoms with E-state index in [0.29, 0.717) is 10.8 Å². The van der Waals surface area contributed by atoms with Crippen LogP contribution in [0, 0.1) is 11.7 Å². The first-order chi connectivity index (χ1) is 15.4. The van der Waals surface area contributed by atoms with Crippen molar-refractivity contribution in [3.63, 3.8) is 0 Å². The molecule has 0 spiro atoms. The van der Waals surface area contributed by atoms with Gasteiger partial charge in [-0.3, -0.25) is 19.1 Å². The van der Waals surface area contributed by atoms with E-state index in [9.17, 15) is 23.9 Å². The summed E-state index contributed by atoms with van der Waals surface area (Å²) < 4.78 is 16.3. The molecule has 1 fully saturated rings. The molecule has 4 aromatic rings. The second kappa shape index (κ2) is 7.61. The number of ketones is 1. The number of carboxylic acid groups (broad SMARTS) is 1. The number of hydrogen-bond acceptors (Lipinski definition) is 8. The van der Waals surface area contributed by atoms with Gasteiger partial charge in [0.05, 0.1) is 11.3 Å². The average Bonchev–Trinajstić information content (AvgIpc) is 3.29. The number of carboxylic acids is 1. The molecule has 1 aliphatic heterocycles. The number of Topliss-reactive ketones (excluding diaryl/α,β-unsaturated/α-hetero) is 1. The first-order valence-electron chi connectivity index (χ1n) is 9.53. The summed E-state index contributed by atoms with van der Waals surface area (Å²) in [5.74, 6) is -2.70. The van der Waals surface area contributed by atoms with Gasteiger partial charge in [0, 0.05) is 37.1 Å². The number of aromatic nitrogens is 4. The number of thiazole rings is 1. The fourth-order valence-corrected chi connectivity index (χ4v) is 4.22. The number of pyridine rings is 3. The van der Waals surface area contributed by atoms with Crippen molar-refractivity contribution in [2.75, 3.05) is 18.0 Å². The van der Waals surface area contributed by atoms with Gasteiger partial charge in [0.25, 0.3) is 0 Å². The first kappa shape index (κ1) is 19.9. The number of anilines is 1. The number of halogens is 1. The molecule has 160 valence electrons. The smallest absolute Gasteiger partial charge is 0.341 e. The van der Waals surface area contributed by atoms with Crippen molar-refractivity contribution in [2.24, 2.45) is 5.92 Å². The van der Waals surface area contributed by atoms with E-state index < -0.39 is 22.8 Å². The van der Waals surface area contributed by atoms with Crippen LogP contribution < -0.4 is 10.3 Å². The van der Waals surface area contributed by atoms with Gasteiger partial charge in [0.2, 0.25) is 5.43 Å². The Morgan fingerprint density at radius 2 is 2.00 bits per heavy atom. The molecule has 0 atom stereocenters. The Morgan fingerprint density at radius 3 is 2.66 bits per heavy atom. The summed E-state index contributed by atoms with van der Waals surface area (Å²) in [4.78, 5) is 50.9. The predicted octanol–water partition coefficient (Wildman–Crippen LogP) is 2.39. The number of rotatable bonds is 5. The Hall–Kier alpha value is -3.99. The van der Waals surface area contributed by atoms with Crippen LogP contribution in [0.25, 0.3) is 16.2 Å². The molecule has 5 heterocycles. The molecule has 1 saturated heterocycles. The normalized spacial score (nSPS) is 13.8. The van der Waals surface area contributed by atoms with E-state index in [0.717, 1.165) is 12.3 Å². The fraction of sp³-hybridized carbons (Fsp3) is 0.143. The highest BCUT2D eigenvalue weighted by atomic mass is 32.1. The highest BCUT2D eigenvalue weighted by molar-refractivity contribution is 7.12. The van der Waals surface area contributed by atoms with Gasteiger partial charge in [-0.05, 0) is 18.2 Å². The monoisotopic (exact) mass is 451 g/mol. The van der Waals surface area contributed by atoms with Crippen molar-refractivity contribution in [3.8, 4) is 5.13 Å². The Labute approximate surface area is 183 Å². The summed E-state index contributed by atoms with van der Waals surface area (Å²) in [5, 5.41) is 11.3. The molecule has 9 nitrogen and oxygen atoms in total. The molecule has 0 radical (unpaired) electrons. The van der Waals surface area contributed by atoms with Gasteiger partial charge in [-0.1, -0.05) is 6.07 Å². The summed E-state index contributed by atoms with van der Waals surface area (Å²) in [6.45, 7) is 0.499. The van der Waals surface area contributed by atoms with Crippen LogP contribution in [0.3, 0.4) is 0 Å². The van der Waals surface area contributed by atoms with Crippen LogP contribution in [-0.2, 0) is 0 Å². The van der Waals surface area contributed by atoms with Crippen molar-refractivity contribution in [3.05, 3.63) is 75.5 Å². The molecule has 0 unspecified atom stereocenters. The Bertz CT molecular complexity index is 1420. The maximum absolute atomic E-state index is 14.9. The van der Waals surface area contributed by atoms with E-state index in [1.807, 2.05) is 0 Å². The zero-order chi connectivity index (χ0) is 22.4. The second-order valence-corrected chi connectivity index (χ2v) is 8.08. The molecule has 32 heavy (non-hydrogen) atoms. The van der Waals surface area contributed by atoms with Crippen LogP contribution in [0.5, 0.6) is 0 Å². The summed E-state index contributed by atoms with van der Waals surface area (Å²) in [7, 11) is 0. The van der Waals surface area contributed by atoms with Crippen LogP contribution in [-0.4, -0.2) is 49.5 Å². The van der Waals surface area contributed by atoms with Gasteiger partial charge in [0.1, 0.15) is 11.3 Å². The SMILES string of the molecule is O=C(O)c1cn(-c2nccs2)c2nc(N3CC(C(=O)c4ccccn4)C3)c(F)cc2c1=O. The van der Waals surface area contributed by atoms with E-state index in [2.05, 4.69) is 15.0 Å². The third-order valence-corrected chi connectivity index (χ3v) is 6.01. The zero-order valence-electron chi connectivity index (χ0n) is 16.3. The van der Waals surface area contributed by atoms with Crippen LogP contribution >= 0.6 is 11.3 Å². The van der Waals surface area contributed by atoms with Gasteiger partial charge in [-0.15, -0.1) is 11.3 Å². The average molecular weight is 451 g/mol. The van der Waals surface area contributed by atoms with E-state index in [1.165, 1.54) is 28.3 Å². The number of nitrogens with zero attached hydrogens (tertiary/aromatic N) is 5. The fourth-order valence-electron chi connectivity index (χ4n) is 3.60. The van der Waals surface area contributed by atoms with Gasteiger partial charge in [-0.2, -0.15) is 0 Å². The van der Waals surface area contributed by atoms with Gasteiger partial charge < -0.3 is 10.0 Å². The van der Waals surface area contributed by atoms with Gasteiger partial charge in [-0.25, -0.2) is 19.2 Å². The summed E-state index contributed by atoms with van der Waals surface area (Å²) >= 11 is 1.22. The maximum Gasteiger partial charge on any atom is 0.341 e. The molecular formula is C21H14FN5O4S. The molecule has 0 bridgehead atoms. The summed E-state index contributed by atoms with van der Waals surface area (Å²) in [5.41, 5.74) is -0.898. The van der Waals surface area contributed by atoms with Crippen molar-refractivity contribution in [1.29, 1.82) is 0 Å². The van der Waals surface area contributed by atoms with Crippen molar-refractivity contribution in [1.82, 2.24) is 19.5 Å². The molecule has 11 heteroatoms. The van der Waals surface area contributed by atoms with Gasteiger partial charge >= 0.3 is 5.97 Å². The van der Waals surface area contributed by atoms with Crippen molar-refractivity contribution in [2.45, 2.75) is 0 Å². The van der Waals surface area contributed by atoms with Crippen molar-refractivity contribution < 1.29 is 19.1 Å². The van der Waals surface area contributed by atoms with Crippen LogP contribution in [0.2, 0.25) is 0 Å². The quantitative estimate of drug-likeness (QED) is 0.460. The first-order valence-corrected chi connectivity index (χ1v) is 10.4. The van der Waals surface area contributed by atoms with Crippen LogP contribution in [0.15, 0.2) is 53.0 Å². The van der Waals surface area contributed by atoms with E-state index in [-0.39, 0.29) is 41.6 Å². The number of carbonyl (C=O) groups is 2. The van der Waals surface area contributed by atoms with Crippen LogP contribution in [0.4, 0.5) is 10.2 Å². The third kappa shape index (κ3) is 3.23. The topological polar surface area (TPSA) is 118 Å². The lowest BCUT2D eigenvalue weighted by Crippen LogP contribution is -2.51. The standard InChI is InChI=1S/C21H14FN5O4S/c22-14-7-12-17(29)13(20(30)31)10-27(21-24-5-6-32-21)18(12)25-19(14)26-8-11(9-26)16(28)15-3-1-2-4-23-15/h1-7,10-11H,8-9H2,(H,30,31). The summed E-state index contributed by atoms with van der Waals surface area (Å²) in [6.07, 6.45) is 4.21. The third-order valence-electron chi connectivity index (χ3n) is 5.24. The number of hydrogen-bond donors (Lipinski definition) is 1. The molecule has 0 amide bonds. The molecule has 0 aliphatic carbocycles. The predicted molar refractivity (Wildman–Crippen MR) is 114 cm³/mol. The van der Waals surface area contributed by atoms with E-state index >= 15 is 0 Å². The zero-order valence-corrected chi connectivity index (χ0v) is 17.1. The van der Waals surface area contributed by atoms with E-state index in [1.54, 1.807) is 28.5 Å². The second-order valence-electron chi connectivity index (χ2n) is 7.21. The lowest BCUT2D eigenvalue weighted by atomic mass is 9.93. The van der Waals surface area contributed by atoms with Gasteiger partial charge in [0.15, 0.2) is 28.2 Å². The lowest BCUT2D eigenvalue weighted by Gasteiger charge is -2.39. The van der Waals surface area contributed by atoms with E-state index in [4.69, 9.17) is 0 Å². The lowest BCUT2D eigenvalue weighted by molar-refractivity contribution is 0.0694. The number of aromatic carboxylic acids is 1. The molecule has 0 aromatic carbocycles. The molecule has 1 N–H and O–H groups in total. The highest BCUT2D eigenvalue weighted by Gasteiger charge is 2.36. The molecule has 5 rings (SSSR count). The Morgan fingerprint density at radius 1 is 1.19 bits per heavy atom. The molecule has 4 aromatic heterocycles. The Balaban J connectivity index is 1.55. The number of fused-ring (bicyclic) bond motifs is 1.